The van der Waals surface area contributed by atoms with Crippen molar-refractivity contribution in [3.05, 3.63) is 35.4 Å². The van der Waals surface area contributed by atoms with E-state index >= 15 is 0 Å². The van der Waals surface area contributed by atoms with E-state index in [9.17, 15) is 9.59 Å². The smallest absolute Gasteiger partial charge is 0.339 e. The maximum Gasteiger partial charge on any atom is 0.339 e. The van der Waals surface area contributed by atoms with Crippen LogP contribution in [0.5, 0.6) is 0 Å². The van der Waals surface area contributed by atoms with Crippen LogP contribution in [0, 0.1) is 23.7 Å². The molecule has 0 aliphatic heterocycles. The summed E-state index contributed by atoms with van der Waals surface area (Å²) in [5.41, 5.74) is 0.182. The molecule has 98 valence electrons. The van der Waals surface area contributed by atoms with Gasteiger partial charge in [0.25, 0.3) is 0 Å². The van der Waals surface area contributed by atoms with Crippen LogP contribution in [-0.2, 0) is 4.74 Å². The molecule has 2 unspecified atom stereocenters. The molecule has 1 aromatic carbocycles. The standard InChI is InChI=1S/C15H14O4/c16-14(17)8-3-1-2-4-9(8)15(18)19-13-7-5-10-11(6-7)12(10)13/h1-4,7,10-13H,5-6H2,(H,16,17)/t7?,10-,11+,12?,13-/m0/s1. The van der Waals surface area contributed by atoms with Crippen molar-refractivity contribution in [1.82, 2.24) is 0 Å². The Kier molecular flexibility index (Phi) is 2.08. The van der Waals surface area contributed by atoms with Crippen molar-refractivity contribution >= 4 is 11.9 Å². The summed E-state index contributed by atoms with van der Waals surface area (Å²) in [6.07, 6.45) is 2.41. The van der Waals surface area contributed by atoms with Gasteiger partial charge in [0, 0.05) is 5.92 Å². The first-order chi connectivity index (χ1) is 9.16. The molecule has 4 nitrogen and oxygen atoms in total. The second-order valence-corrected chi connectivity index (χ2v) is 5.86. The average Bonchev–Trinajstić information content (AvgIpc) is 2.77. The van der Waals surface area contributed by atoms with Crippen molar-refractivity contribution in [1.29, 1.82) is 0 Å². The first kappa shape index (κ1) is 11.0. The number of esters is 1. The van der Waals surface area contributed by atoms with Crippen LogP contribution in [0.1, 0.15) is 33.6 Å². The van der Waals surface area contributed by atoms with Gasteiger partial charge in [-0.3, -0.25) is 0 Å². The number of hydrogen-bond acceptors (Lipinski definition) is 3. The van der Waals surface area contributed by atoms with Crippen LogP contribution in [-0.4, -0.2) is 23.1 Å². The Balaban J connectivity index is 1.56. The van der Waals surface area contributed by atoms with Crippen molar-refractivity contribution < 1.29 is 19.4 Å². The van der Waals surface area contributed by atoms with Crippen LogP contribution in [0.3, 0.4) is 0 Å². The van der Waals surface area contributed by atoms with Crippen molar-refractivity contribution in [2.75, 3.05) is 0 Å². The topological polar surface area (TPSA) is 63.6 Å². The molecule has 4 aliphatic carbocycles. The lowest BCUT2D eigenvalue weighted by molar-refractivity contribution is 0.0202. The molecule has 5 atom stereocenters. The summed E-state index contributed by atoms with van der Waals surface area (Å²) in [5.74, 6) is 1.05. The number of aromatic carboxylic acids is 1. The molecule has 0 heterocycles. The molecule has 4 bridgehead atoms. The van der Waals surface area contributed by atoms with Crippen molar-refractivity contribution in [2.24, 2.45) is 23.7 Å². The molecule has 0 aromatic heterocycles. The Morgan fingerprint density at radius 3 is 2.26 bits per heavy atom. The molecule has 1 N–H and O–H groups in total. The molecule has 19 heavy (non-hydrogen) atoms. The number of carbonyl (C=O) groups excluding carboxylic acids is 1. The summed E-state index contributed by atoms with van der Waals surface area (Å²) in [4.78, 5) is 23.3. The highest BCUT2D eigenvalue weighted by atomic mass is 16.5. The lowest BCUT2D eigenvalue weighted by Crippen LogP contribution is -2.23. The van der Waals surface area contributed by atoms with E-state index in [1.54, 1.807) is 12.1 Å². The van der Waals surface area contributed by atoms with Crippen LogP contribution >= 0.6 is 0 Å². The SMILES string of the molecule is O=C(O)c1ccccc1C(=O)O[C@H]1C2C[C@@H]3C1[C@@H]3C2. The van der Waals surface area contributed by atoms with Gasteiger partial charge in [-0.2, -0.15) is 0 Å². The number of carboxylic acids is 1. The van der Waals surface area contributed by atoms with Crippen molar-refractivity contribution in [3.63, 3.8) is 0 Å². The highest BCUT2D eigenvalue weighted by Crippen LogP contribution is 2.71. The number of carbonyl (C=O) groups is 2. The Morgan fingerprint density at radius 1 is 1.11 bits per heavy atom. The van der Waals surface area contributed by atoms with Gasteiger partial charge in [0.05, 0.1) is 11.1 Å². The third-order valence-electron chi connectivity index (χ3n) is 5.01. The minimum absolute atomic E-state index is 0.0187. The number of hydrogen-bond donors (Lipinski definition) is 1. The normalized spacial score (nSPS) is 37.2. The first-order valence-electron chi connectivity index (χ1n) is 6.70. The minimum atomic E-state index is -1.09. The van der Waals surface area contributed by atoms with Gasteiger partial charge in [-0.15, -0.1) is 0 Å². The fourth-order valence-corrected chi connectivity index (χ4v) is 4.21. The fraction of sp³-hybridized carbons (Fsp3) is 0.467. The van der Waals surface area contributed by atoms with Gasteiger partial charge in [0.2, 0.25) is 0 Å². The molecular formula is C15H14O4. The Labute approximate surface area is 110 Å². The molecule has 0 spiro atoms. The van der Waals surface area contributed by atoms with E-state index in [0.717, 1.165) is 11.8 Å². The van der Waals surface area contributed by atoms with Gasteiger partial charge in [0.1, 0.15) is 6.10 Å². The molecule has 4 aliphatic rings. The number of rotatable bonds is 3. The van der Waals surface area contributed by atoms with Gasteiger partial charge in [-0.25, -0.2) is 9.59 Å². The minimum Gasteiger partial charge on any atom is -0.478 e. The summed E-state index contributed by atoms with van der Waals surface area (Å²) in [7, 11) is 0. The Morgan fingerprint density at radius 2 is 1.74 bits per heavy atom. The van der Waals surface area contributed by atoms with E-state index in [2.05, 4.69) is 0 Å². The van der Waals surface area contributed by atoms with Gasteiger partial charge in [0.15, 0.2) is 0 Å². The van der Waals surface area contributed by atoms with Crippen molar-refractivity contribution in [2.45, 2.75) is 18.9 Å². The predicted octanol–water partition coefficient (Wildman–Crippen LogP) is 2.20. The third-order valence-corrected chi connectivity index (χ3v) is 5.01. The van der Waals surface area contributed by atoms with Gasteiger partial charge >= 0.3 is 11.9 Å². The predicted molar refractivity (Wildman–Crippen MR) is 65.8 cm³/mol. The summed E-state index contributed by atoms with van der Waals surface area (Å²) in [6, 6.07) is 6.24. The zero-order valence-electron chi connectivity index (χ0n) is 10.3. The quantitative estimate of drug-likeness (QED) is 0.844. The van der Waals surface area contributed by atoms with Gasteiger partial charge in [-0.1, -0.05) is 12.1 Å². The maximum absolute atomic E-state index is 12.2. The van der Waals surface area contributed by atoms with Crippen LogP contribution in [0.2, 0.25) is 0 Å². The second kappa shape index (κ2) is 3.59. The van der Waals surface area contributed by atoms with Crippen LogP contribution in [0.4, 0.5) is 0 Å². The van der Waals surface area contributed by atoms with E-state index in [1.807, 2.05) is 0 Å². The molecule has 5 rings (SSSR count). The second-order valence-electron chi connectivity index (χ2n) is 5.86. The summed E-state index contributed by atoms with van der Waals surface area (Å²) >= 11 is 0. The van der Waals surface area contributed by atoms with E-state index in [0.29, 0.717) is 11.8 Å². The highest BCUT2D eigenvalue weighted by molar-refractivity contribution is 6.02. The largest absolute Gasteiger partial charge is 0.478 e. The Bertz CT molecular complexity index is 565. The van der Waals surface area contributed by atoms with Gasteiger partial charge < -0.3 is 9.84 Å². The number of ether oxygens (including phenoxy) is 1. The summed E-state index contributed by atoms with van der Waals surface area (Å²) < 4.78 is 5.59. The molecule has 4 heteroatoms. The summed E-state index contributed by atoms with van der Waals surface area (Å²) in [6.45, 7) is 0. The number of benzene rings is 1. The van der Waals surface area contributed by atoms with Crippen LogP contribution in [0.15, 0.2) is 24.3 Å². The van der Waals surface area contributed by atoms with E-state index in [-0.39, 0.29) is 17.2 Å². The third kappa shape index (κ3) is 1.46. The molecule has 4 saturated carbocycles. The summed E-state index contributed by atoms with van der Waals surface area (Å²) in [5, 5.41) is 9.09. The van der Waals surface area contributed by atoms with Crippen LogP contribution < -0.4 is 0 Å². The lowest BCUT2D eigenvalue weighted by Gasteiger charge is -2.16. The molecule has 4 fully saturated rings. The fourth-order valence-electron chi connectivity index (χ4n) is 4.21. The maximum atomic E-state index is 12.2. The first-order valence-corrected chi connectivity index (χ1v) is 6.70. The molecule has 0 saturated heterocycles. The molecule has 1 aromatic rings. The average molecular weight is 258 g/mol. The van der Waals surface area contributed by atoms with E-state index in [1.165, 1.54) is 25.0 Å². The van der Waals surface area contributed by atoms with E-state index < -0.39 is 11.9 Å². The highest BCUT2D eigenvalue weighted by Gasteiger charge is 2.70. The Hall–Kier alpha value is -1.84. The van der Waals surface area contributed by atoms with Crippen LogP contribution in [0.25, 0.3) is 0 Å². The molecular weight excluding hydrogens is 244 g/mol. The number of carboxylic acid groups (broad SMARTS) is 1. The van der Waals surface area contributed by atoms with Crippen molar-refractivity contribution in [3.8, 4) is 0 Å². The van der Waals surface area contributed by atoms with E-state index in [4.69, 9.17) is 9.84 Å². The zero-order chi connectivity index (χ0) is 13.1. The van der Waals surface area contributed by atoms with Gasteiger partial charge in [-0.05, 0) is 42.7 Å². The lowest BCUT2D eigenvalue weighted by atomic mass is 10.1. The monoisotopic (exact) mass is 258 g/mol. The zero-order valence-corrected chi connectivity index (χ0v) is 10.3. The molecule has 0 radical (unpaired) electrons. The molecule has 0 amide bonds.